The van der Waals surface area contributed by atoms with E-state index in [-0.39, 0.29) is 0 Å². The van der Waals surface area contributed by atoms with Gasteiger partial charge in [-0.25, -0.2) is 15.0 Å². The fourth-order valence-corrected chi connectivity index (χ4v) is 1.86. The van der Waals surface area contributed by atoms with Gasteiger partial charge in [0.05, 0.1) is 6.33 Å². The summed E-state index contributed by atoms with van der Waals surface area (Å²) in [6.07, 6.45) is 5.57. The second-order valence-corrected chi connectivity index (χ2v) is 5.57. The fraction of sp³-hybridized carbons (Fsp3) is 0.533. The third kappa shape index (κ3) is 3.79. The zero-order valence-corrected chi connectivity index (χ0v) is 12.7. The van der Waals surface area contributed by atoms with Gasteiger partial charge in [-0.05, 0) is 5.92 Å². The number of anilines is 1. The van der Waals surface area contributed by atoms with Crippen molar-refractivity contribution in [1.29, 1.82) is 0 Å². The number of hydrogen-bond donors (Lipinski definition) is 1. The van der Waals surface area contributed by atoms with Crippen molar-refractivity contribution in [3.05, 3.63) is 36.3 Å². The van der Waals surface area contributed by atoms with Gasteiger partial charge >= 0.3 is 0 Å². The molecule has 0 spiro atoms. The zero-order valence-electron chi connectivity index (χ0n) is 12.7. The zero-order chi connectivity index (χ0) is 14.5. The summed E-state index contributed by atoms with van der Waals surface area (Å²) >= 11 is 0. The molecule has 0 atom stereocenters. The van der Waals surface area contributed by atoms with Crippen LogP contribution in [0.15, 0.2) is 24.8 Å². The van der Waals surface area contributed by atoms with Crippen molar-refractivity contribution >= 4 is 5.82 Å². The van der Waals surface area contributed by atoms with Crippen LogP contribution in [0.25, 0.3) is 0 Å². The van der Waals surface area contributed by atoms with Gasteiger partial charge in [-0.3, -0.25) is 0 Å². The maximum absolute atomic E-state index is 4.62. The molecular weight excluding hydrogens is 250 g/mol. The lowest BCUT2D eigenvalue weighted by Crippen LogP contribution is -2.13. The lowest BCUT2D eigenvalue weighted by atomic mass is 10.1. The van der Waals surface area contributed by atoms with Crippen molar-refractivity contribution in [2.75, 3.05) is 11.9 Å². The van der Waals surface area contributed by atoms with E-state index >= 15 is 0 Å². The summed E-state index contributed by atoms with van der Waals surface area (Å²) in [7, 11) is 0. The molecule has 1 N–H and O–H groups in total. The van der Waals surface area contributed by atoms with Crippen molar-refractivity contribution in [3.8, 4) is 0 Å². The first-order chi connectivity index (χ1) is 9.56. The van der Waals surface area contributed by atoms with Crippen LogP contribution in [0, 0.1) is 0 Å². The van der Waals surface area contributed by atoms with E-state index in [1.807, 2.05) is 23.2 Å². The van der Waals surface area contributed by atoms with Crippen LogP contribution in [0.5, 0.6) is 0 Å². The number of imidazole rings is 1. The average molecular weight is 273 g/mol. The predicted octanol–water partition coefficient (Wildman–Crippen LogP) is 3.03. The number of nitrogens with one attached hydrogen (secondary N) is 1. The van der Waals surface area contributed by atoms with Gasteiger partial charge in [0.25, 0.3) is 0 Å². The molecule has 108 valence electrons. The molecule has 0 aromatic carbocycles. The van der Waals surface area contributed by atoms with Crippen LogP contribution < -0.4 is 5.32 Å². The Morgan fingerprint density at radius 1 is 1.15 bits per heavy atom. The second kappa shape index (κ2) is 6.50. The fourth-order valence-electron chi connectivity index (χ4n) is 1.86. The summed E-state index contributed by atoms with van der Waals surface area (Å²) in [5, 5.41) is 3.37. The lowest BCUT2D eigenvalue weighted by Gasteiger charge is -2.13. The van der Waals surface area contributed by atoms with Crippen molar-refractivity contribution in [2.24, 2.45) is 0 Å². The Labute approximate surface area is 120 Å². The third-order valence-corrected chi connectivity index (χ3v) is 3.11. The molecule has 0 unspecified atom stereocenters. The summed E-state index contributed by atoms with van der Waals surface area (Å²) in [6, 6.07) is 2.05. The van der Waals surface area contributed by atoms with Gasteiger partial charge in [-0.1, -0.05) is 27.7 Å². The van der Waals surface area contributed by atoms with E-state index in [1.165, 1.54) is 0 Å². The van der Waals surface area contributed by atoms with Gasteiger partial charge in [0, 0.05) is 43.2 Å². The van der Waals surface area contributed by atoms with Crippen LogP contribution in [0.4, 0.5) is 5.82 Å². The molecule has 0 amide bonds. The Kier molecular flexibility index (Phi) is 4.71. The largest absolute Gasteiger partial charge is 0.368 e. The first kappa shape index (κ1) is 14.5. The molecule has 5 nitrogen and oxygen atoms in total. The van der Waals surface area contributed by atoms with Crippen LogP contribution in [0.3, 0.4) is 0 Å². The van der Waals surface area contributed by atoms with Gasteiger partial charge in [0.2, 0.25) is 0 Å². The minimum Gasteiger partial charge on any atom is -0.368 e. The van der Waals surface area contributed by atoms with Gasteiger partial charge in [-0.2, -0.15) is 0 Å². The summed E-state index contributed by atoms with van der Waals surface area (Å²) < 4.78 is 2.04. The summed E-state index contributed by atoms with van der Waals surface area (Å²) in [5.41, 5.74) is 1.09. The molecule has 5 heteroatoms. The van der Waals surface area contributed by atoms with Crippen molar-refractivity contribution in [3.63, 3.8) is 0 Å². The SMILES string of the molecule is CC(C)c1cc(NCCn2ccnc2)nc(C(C)C)n1. The minimum atomic E-state index is 0.336. The van der Waals surface area contributed by atoms with Crippen LogP contribution in [0.2, 0.25) is 0 Å². The molecule has 0 bridgehead atoms. The van der Waals surface area contributed by atoms with Crippen LogP contribution >= 0.6 is 0 Å². The van der Waals surface area contributed by atoms with Crippen LogP contribution in [-0.4, -0.2) is 26.1 Å². The normalized spacial score (nSPS) is 11.3. The number of nitrogens with zero attached hydrogens (tertiary/aromatic N) is 4. The van der Waals surface area contributed by atoms with E-state index in [1.54, 1.807) is 6.20 Å². The molecule has 20 heavy (non-hydrogen) atoms. The lowest BCUT2D eigenvalue weighted by molar-refractivity contribution is 0.712. The molecule has 2 heterocycles. The van der Waals surface area contributed by atoms with Gasteiger partial charge in [0.15, 0.2) is 0 Å². The Balaban J connectivity index is 2.06. The molecule has 0 aliphatic carbocycles. The second-order valence-electron chi connectivity index (χ2n) is 5.57. The molecule has 0 saturated heterocycles. The minimum absolute atomic E-state index is 0.336. The van der Waals surface area contributed by atoms with Gasteiger partial charge in [-0.15, -0.1) is 0 Å². The predicted molar refractivity (Wildman–Crippen MR) is 80.9 cm³/mol. The summed E-state index contributed by atoms with van der Waals surface area (Å²) in [4.78, 5) is 13.2. The smallest absolute Gasteiger partial charge is 0.133 e. The topological polar surface area (TPSA) is 55.6 Å². The monoisotopic (exact) mass is 273 g/mol. The highest BCUT2D eigenvalue weighted by molar-refractivity contribution is 5.37. The van der Waals surface area contributed by atoms with E-state index < -0.39 is 0 Å². The van der Waals surface area contributed by atoms with Gasteiger partial charge in [0.1, 0.15) is 11.6 Å². The van der Waals surface area contributed by atoms with E-state index in [9.17, 15) is 0 Å². The number of hydrogen-bond acceptors (Lipinski definition) is 4. The van der Waals surface area contributed by atoms with Gasteiger partial charge < -0.3 is 9.88 Å². The maximum atomic E-state index is 4.62. The standard InChI is InChI=1S/C15H23N5/c1-11(2)13-9-14(19-15(18-13)12(3)4)17-6-8-20-7-5-16-10-20/h5,7,9-12H,6,8H2,1-4H3,(H,17,18,19). The number of aromatic nitrogens is 4. The number of rotatable bonds is 6. The van der Waals surface area contributed by atoms with Crippen molar-refractivity contribution < 1.29 is 0 Å². The van der Waals surface area contributed by atoms with Crippen molar-refractivity contribution in [2.45, 2.75) is 46.1 Å². The maximum Gasteiger partial charge on any atom is 0.133 e. The molecule has 2 rings (SSSR count). The Hall–Kier alpha value is -1.91. The summed E-state index contributed by atoms with van der Waals surface area (Å²) in [6.45, 7) is 10.2. The Bertz CT molecular complexity index is 505. The quantitative estimate of drug-likeness (QED) is 0.879. The first-order valence-electron chi connectivity index (χ1n) is 7.14. The molecule has 2 aromatic heterocycles. The highest BCUT2D eigenvalue weighted by Gasteiger charge is 2.10. The molecular formula is C15H23N5. The first-order valence-corrected chi connectivity index (χ1v) is 7.14. The highest BCUT2D eigenvalue weighted by atomic mass is 15.1. The van der Waals surface area contributed by atoms with E-state index in [0.29, 0.717) is 11.8 Å². The Morgan fingerprint density at radius 3 is 2.55 bits per heavy atom. The van der Waals surface area contributed by atoms with E-state index in [2.05, 4.69) is 48.0 Å². The molecule has 0 radical (unpaired) electrons. The van der Waals surface area contributed by atoms with E-state index in [4.69, 9.17) is 0 Å². The highest BCUT2D eigenvalue weighted by Crippen LogP contribution is 2.19. The van der Waals surface area contributed by atoms with Crippen LogP contribution in [-0.2, 0) is 6.54 Å². The van der Waals surface area contributed by atoms with Crippen LogP contribution in [0.1, 0.15) is 51.0 Å². The molecule has 2 aromatic rings. The average Bonchev–Trinajstić information content (AvgIpc) is 2.91. The molecule has 0 aliphatic rings. The third-order valence-electron chi connectivity index (χ3n) is 3.11. The van der Waals surface area contributed by atoms with E-state index in [0.717, 1.165) is 30.4 Å². The Morgan fingerprint density at radius 2 is 1.95 bits per heavy atom. The summed E-state index contributed by atoms with van der Waals surface area (Å²) in [5.74, 6) is 2.56. The molecule has 0 aliphatic heterocycles. The molecule has 0 fully saturated rings. The van der Waals surface area contributed by atoms with Crippen molar-refractivity contribution in [1.82, 2.24) is 19.5 Å². The molecule has 0 saturated carbocycles.